The van der Waals surface area contributed by atoms with Gasteiger partial charge in [-0.15, -0.1) is 0 Å². The standard InChI is InChI=1S/C13H10N4O4S/c18-17(19)10-4-6-12(7-5-10)22(20,21)15-13-14-9-11-3-1-2-8-16(11)13/h1-9H,(H,14,15). The van der Waals surface area contributed by atoms with Gasteiger partial charge in [-0.25, -0.2) is 18.1 Å². The van der Waals surface area contributed by atoms with Gasteiger partial charge in [-0.2, -0.15) is 0 Å². The summed E-state index contributed by atoms with van der Waals surface area (Å²) in [6.45, 7) is 0. The van der Waals surface area contributed by atoms with Crippen molar-refractivity contribution in [3.05, 3.63) is 65.0 Å². The molecule has 1 aromatic carbocycles. The third kappa shape index (κ3) is 2.49. The molecular formula is C13H10N4O4S. The largest absolute Gasteiger partial charge is 0.285 e. The van der Waals surface area contributed by atoms with Crippen LogP contribution in [0, 0.1) is 10.1 Å². The van der Waals surface area contributed by atoms with Crippen molar-refractivity contribution in [3.8, 4) is 0 Å². The number of nitrogens with one attached hydrogen (secondary N) is 1. The van der Waals surface area contributed by atoms with Gasteiger partial charge in [0.05, 0.1) is 21.5 Å². The van der Waals surface area contributed by atoms with E-state index in [9.17, 15) is 18.5 Å². The molecule has 3 rings (SSSR count). The number of hydrogen-bond donors (Lipinski definition) is 1. The van der Waals surface area contributed by atoms with Crippen LogP contribution >= 0.6 is 0 Å². The van der Waals surface area contributed by atoms with Gasteiger partial charge in [0, 0.05) is 18.3 Å². The second kappa shape index (κ2) is 5.11. The predicted octanol–water partition coefficient (Wildman–Crippen LogP) is 2.04. The van der Waals surface area contributed by atoms with Crippen molar-refractivity contribution in [2.75, 3.05) is 4.72 Å². The van der Waals surface area contributed by atoms with Crippen molar-refractivity contribution in [1.82, 2.24) is 9.38 Å². The van der Waals surface area contributed by atoms with Crippen LogP contribution < -0.4 is 4.72 Å². The number of sulfonamides is 1. The van der Waals surface area contributed by atoms with Crippen molar-refractivity contribution in [2.24, 2.45) is 0 Å². The van der Waals surface area contributed by atoms with Gasteiger partial charge in [0.25, 0.3) is 15.7 Å². The monoisotopic (exact) mass is 318 g/mol. The molecule has 0 aliphatic heterocycles. The van der Waals surface area contributed by atoms with Crippen LogP contribution in [0.2, 0.25) is 0 Å². The Morgan fingerprint density at radius 2 is 1.86 bits per heavy atom. The van der Waals surface area contributed by atoms with E-state index < -0.39 is 14.9 Å². The number of hydrogen-bond acceptors (Lipinski definition) is 5. The van der Waals surface area contributed by atoms with Gasteiger partial charge in [0.1, 0.15) is 0 Å². The number of rotatable bonds is 4. The summed E-state index contributed by atoms with van der Waals surface area (Å²) in [7, 11) is -3.87. The van der Waals surface area contributed by atoms with E-state index in [4.69, 9.17) is 0 Å². The lowest BCUT2D eigenvalue weighted by molar-refractivity contribution is -0.384. The zero-order valence-electron chi connectivity index (χ0n) is 11.1. The average molecular weight is 318 g/mol. The number of aromatic nitrogens is 2. The van der Waals surface area contributed by atoms with Crippen molar-refractivity contribution in [2.45, 2.75) is 4.90 Å². The highest BCUT2D eigenvalue weighted by Crippen LogP contribution is 2.19. The first kappa shape index (κ1) is 14.0. The van der Waals surface area contributed by atoms with Crippen LogP contribution in [-0.2, 0) is 10.0 Å². The van der Waals surface area contributed by atoms with Crippen molar-refractivity contribution < 1.29 is 13.3 Å². The summed E-state index contributed by atoms with van der Waals surface area (Å²) in [6, 6.07) is 9.98. The SMILES string of the molecule is O=[N+]([O-])c1ccc(S(=O)(=O)Nc2ncc3ccccn23)cc1. The fourth-order valence-electron chi connectivity index (χ4n) is 1.95. The van der Waals surface area contributed by atoms with Gasteiger partial charge in [-0.05, 0) is 24.3 Å². The molecule has 0 aliphatic rings. The summed E-state index contributed by atoms with van der Waals surface area (Å²) in [4.78, 5) is 13.9. The van der Waals surface area contributed by atoms with Gasteiger partial charge in [-0.3, -0.25) is 14.5 Å². The van der Waals surface area contributed by atoms with Crippen molar-refractivity contribution >= 4 is 27.2 Å². The molecule has 0 saturated carbocycles. The number of nitro benzene ring substituents is 1. The lowest BCUT2D eigenvalue weighted by Gasteiger charge is -2.06. The Bertz CT molecular complexity index is 948. The predicted molar refractivity (Wildman–Crippen MR) is 79.1 cm³/mol. The third-order valence-electron chi connectivity index (χ3n) is 3.02. The van der Waals surface area contributed by atoms with Crippen molar-refractivity contribution in [3.63, 3.8) is 0 Å². The van der Waals surface area contributed by atoms with E-state index in [-0.39, 0.29) is 16.5 Å². The molecular weight excluding hydrogens is 308 g/mol. The Kier molecular flexibility index (Phi) is 3.26. The Balaban J connectivity index is 1.95. The van der Waals surface area contributed by atoms with Crippen molar-refractivity contribution in [1.29, 1.82) is 0 Å². The molecule has 0 amide bonds. The molecule has 3 aromatic rings. The molecule has 9 heteroatoms. The van der Waals surface area contributed by atoms with Crippen LogP contribution in [-0.4, -0.2) is 22.7 Å². The van der Waals surface area contributed by atoms with Crippen LogP contribution in [0.3, 0.4) is 0 Å². The molecule has 0 saturated heterocycles. The van der Waals surface area contributed by atoms with Crippen LogP contribution in [0.25, 0.3) is 5.52 Å². The zero-order chi connectivity index (χ0) is 15.7. The molecule has 0 atom stereocenters. The van der Waals surface area contributed by atoms with E-state index in [1.807, 2.05) is 6.07 Å². The lowest BCUT2D eigenvalue weighted by atomic mass is 10.3. The van der Waals surface area contributed by atoms with E-state index in [0.29, 0.717) is 0 Å². The zero-order valence-corrected chi connectivity index (χ0v) is 11.9. The molecule has 1 N–H and O–H groups in total. The van der Waals surface area contributed by atoms with Gasteiger partial charge in [0.2, 0.25) is 5.95 Å². The second-order valence-corrected chi connectivity index (χ2v) is 6.12. The molecule has 112 valence electrons. The van der Waals surface area contributed by atoms with Crippen LogP contribution in [0.4, 0.5) is 11.6 Å². The molecule has 2 aromatic heterocycles. The highest BCUT2D eigenvalue weighted by Gasteiger charge is 2.18. The summed E-state index contributed by atoms with van der Waals surface area (Å²) in [5.74, 6) is 0.147. The smallest absolute Gasteiger partial charge is 0.269 e. The van der Waals surface area contributed by atoms with E-state index in [1.54, 1.807) is 22.7 Å². The first-order valence-electron chi connectivity index (χ1n) is 6.17. The number of anilines is 1. The normalized spacial score (nSPS) is 11.5. The van der Waals surface area contributed by atoms with E-state index >= 15 is 0 Å². The number of benzene rings is 1. The summed E-state index contributed by atoms with van der Waals surface area (Å²) >= 11 is 0. The highest BCUT2D eigenvalue weighted by molar-refractivity contribution is 7.92. The molecule has 0 unspecified atom stereocenters. The number of fused-ring (bicyclic) bond motifs is 1. The third-order valence-corrected chi connectivity index (χ3v) is 4.37. The highest BCUT2D eigenvalue weighted by atomic mass is 32.2. The minimum Gasteiger partial charge on any atom is -0.285 e. The number of nitro groups is 1. The molecule has 22 heavy (non-hydrogen) atoms. The van der Waals surface area contributed by atoms with E-state index in [1.165, 1.54) is 18.3 Å². The minimum absolute atomic E-state index is 0.0780. The first-order valence-corrected chi connectivity index (χ1v) is 7.65. The fourth-order valence-corrected chi connectivity index (χ4v) is 2.95. The molecule has 0 bridgehead atoms. The van der Waals surface area contributed by atoms with Crippen LogP contribution in [0.5, 0.6) is 0 Å². The Morgan fingerprint density at radius 3 is 2.55 bits per heavy atom. The van der Waals surface area contributed by atoms with Crippen LogP contribution in [0.1, 0.15) is 0 Å². The van der Waals surface area contributed by atoms with Gasteiger partial charge in [-0.1, -0.05) is 6.07 Å². The summed E-state index contributed by atoms with van der Waals surface area (Å²) in [5, 5.41) is 10.6. The van der Waals surface area contributed by atoms with E-state index in [0.717, 1.165) is 17.6 Å². The number of pyridine rings is 1. The molecule has 0 radical (unpaired) electrons. The van der Waals surface area contributed by atoms with Gasteiger partial charge in [0.15, 0.2) is 0 Å². The van der Waals surface area contributed by atoms with Crippen LogP contribution in [0.15, 0.2) is 59.8 Å². The Labute approximate surface area is 125 Å². The topological polar surface area (TPSA) is 107 Å². The number of non-ortho nitro benzene ring substituents is 1. The maximum atomic E-state index is 12.3. The molecule has 0 spiro atoms. The molecule has 0 fully saturated rings. The first-order chi connectivity index (χ1) is 10.5. The molecule has 0 aliphatic carbocycles. The molecule has 2 heterocycles. The Hall–Kier alpha value is -2.94. The molecule has 8 nitrogen and oxygen atoms in total. The quantitative estimate of drug-likeness (QED) is 0.585. The summed E-state index contributed by atoms with van der Waals surface area (Å²) < 4.78 is 28.5. The average Bonchev–Trinajstić information content (AvgIpc) is 2.90. The Morgan fingerprint density at radius 1 is 1.14 bits per heavy atom. The van der Waals surface area contributed by atoms with E-state index in [2.05, 4.69) is 9.71 Å². The lowest BCUT2D eigenvalue weighted by Crippen LogP contribution is -2.15. The summed E-state index contributed by atoms with van der Waals surface area (Å²) in [5.41, 5.74) is 0.564. The number of imidazole rings is 1. The fraction of sp³-hybridized carbons (Fsp3) is 0. The second-order valence-electron chi connectivity index (χ2n) is 4.43. The summed E-state index contributed by atoms with van der Waals surface area (Å²) in [6.07, 6.45) is 3.21. The maximum absolute atomic E-state index is 12.3. The van der Waals surface area contributed by atoms with Gasteiger partial charge >= 0.3 is 0 Å². The minimum atomic E-state index is -3.87. The number of nitrogens with zero attached hydrogens (tertiary/aromatic N) is 3. The van der Waals surface area contributed by atoms with Gasteiger partial charge < -0.3 is 0 Å². The maximum Gasteiger partial charge on any atom is 0.269 e.